The van der Waals surface area contributed by atoms with Gasteiger partial charge < -0.3 is 5.11 Å². The number of carbonyl (C=O) groups excluding carboxylic acids is 1. The third kappa shape index (κ3) is 2.95. The van der Waals surface area contributed by atoms with Crippen molar-refractivity contribution in [1.29, 1.82) is 0 Å². The molecule has 4 nitrogen and oxygen atoms in total. The minimum Gasteiger partial charge on any atom is -0.508 e. The molecule has 0 fully saturated rings. The zero-order chi connectivity index (χ0) is 13.0. The Morgan fingerprint density at radius 3 is 2.83 bits per heavy atom. The number of hydrazone groups is 1. The SMILES string of the molecule is CC(=NNC(=O)c1cccs1)c1cccc(O)c1. The Hall–Kier alpha value is -2.14. The average Bonchev–Trinajstić information content (AvgIpc) is 2.89. The van der Waals surface area contributed by atoms with Crippen LogP contribution < -0.4 is 5.43 Å². The topological polar surface area (TPSA) is 61.7 Å². The molecule has 0 unspecified atom stereocenters. The van der Waals surface area contributed by atoms with Crippen LogP contribution >= 0.6 is 11.3 Å². The number of carbonyl (C=O) groups is 1. The Labute approximate surface area is 109 Å². The highest BCUT2D eigenvalue weighted by atomic mass is 32.1. The molecule has 0 saturated carbocycles. The van der Waals surface area contributed by atoms with E-state index in [9.17, 15) is 9.90 Å². The molecule has 1 amide bonds. The summed E-state index contributed by atoms with van der Waals surface area (Å²) in [4.78, 5) is 12.3. The lowest BCUT2D eigenvalue weighted by Gasteiger charge is -2.02. The van der Waals surface area contributed by atoms with E-state index in [0.29, 0.717) is 10.6 Å². The van der Waals surface area contributed by atoms with Gasteiger partial charge >= 0.3 is 0 Å². The summed E-state index contributed by atoms with van der Waals surface area (Å²) in [7, 11) is 0. The summed E-state index contributed by atoms with van der Waals surface area (Å²) in [6, 6.07) is 10.3. The Morgan fingerprint density at radius 2 is 2.17 bits per heavy atom. The van der Waals surface area contributed by atoms with Crippen molar-refractivity contribution in [3.63, 3.8) is 0 Å². The number of thiophene rings is 1. The minimum atomic E-state index is -0.232. The first-order chi connectivity index (χ1) is 8.66. The molecule has 2 rings (SSSR count). The van der Waals surface area contributed by atoms with Gasteiger partial charge in [-0.2, -0.15) is 5.10 Å². The summed E-state index contributed by atoms with van der Waals surface area (Å²) < 4.78 is 0. The van der Waals surface area contributed by atoms with Crippen molar-refractivity contribution in [3.05, 3.63) is 52.2 Å². The Bertz CT molecular complexity index is 576. The van der Waals surface area contributed by atoms with Crippen molar-refractivity contribution in [1.82, 2.24) is 5.43 Å². The van der Waals surface area contributed by atoms with E-state index < -0.39 is 0 Å². The van der Waals surface area contributed by atoms with Gasteiger partial charge in [-0.15, -0.1) is 11.3 Å². The Balaban J connectivity index is 2.08. The van der Waals surface area contributed by atoms with Gasteiger partial charge in [0.25, 0.3) is 5.91 Å². The van der Waals surface area contributed by atoms with Crippen LogP contribution in [0.2, 0.25) is 0 Å². The lowest BCUT2D eigenvalue weighted by atomic mass is 10.1. The molecule has 0 aliphatic rings. The van der Waals surface area contributed by atoms with Crippen molar-refractivity contribution >= 4 is 23.0 Å². The van der Waals surface area contributed by atoms with E-state index in [1.165, 1.54) is 11.3 Å². The second kappa shape index (κ2) is 5.46. The van der Waals surface area contributed by atoms with E-state index in [1.54, 1.807) is 31.2 Å². The summed E-state index contributed by atoms with van der Waals surface area (Å²) >= 11 is 1.36. The lowest BCUT2D eigenvalue weighted by molar-refractivity contribution is 0.0959. The van der Waals surface area contributed by atoms with Crippen LogP contribution in [-0.4, -0.2) is 16.7 Å². The van der Waals surface area contributed by atoms with Gasteiger partial charge in [-0.1, -0.05) is 18.2 Å². The molecule has 1 aromatic carbocycles. The molecule has 1 aromatic heterocycles. The van der Waals surface area contributed by atoms with Crippen LogP contribution in [0, 0.1) is 0 Å². The van der Waals surface area contributed by atoms with Gasteiger partial charge in [0.15, 0.2) is 0 Å². The highest BCUT2D eigenvalue weighted by Crippen LogP contribution is 2.12. The summed E-state index contributed by atoms with van der Waals surface area (Å²) in [6.45, 7) is 1.77. The van der Waals surface area contributed by atoms with Gasteiger partial charge in [-0.25, -0.2) is 5.43 Å². The van der Waals surface area contributed by atoms with Crippen LogP contribution in [-0.2, 0) is 0 Å². The van der Waals surface area contributed by atoms with Crippen LogP contribution in [0.1, 0.15) is 22.2 Å². The molecule has 0 aliphatic heterocycles. The number of benzene rings is 1. The normalized spacial score (nSPS) is 11.3. The molecule has 0 atom stereocenters. The number of amides is 1. The largest absolute Gasteiger partial charge is 0.508 e. The fraction of sp³-hybridized carbons (Fsp3) is 0.0769. The predicted molar refractivity (Wildman–Crippen MR) is 72.1 cm³/mol. The number of phenolic OH excluding ortho intramolecular Hbond substituents is 1. The van der Waals surface area contributed by atoms with Crippen molar-refractivity contribution < 1.29 is 9.90 Å². The molecular weight excluding hydrogens is 248 g/mol. The number of rotatable bonds is 3. The third-order valence-corrected chi connectivity index (χ3v) is 3.20. The number of nitrogens with one attached hydrogen (secondary N) is 1. The molecule has 92 valence electrons. The number of hydrogen-bond donors (Lipinski definition) is 2. The van der Waals surface area contributed by atoms with Crippen molar-refractivity contribution in [2.75, 3.05) is 0 Å². The molecule has 1 heterocycles. The van der Waals surface area contributed by atoms with Crippen LogP contribution in [0.25, 0.3) is 0 Å². The molecule has 0 aliphatic carbocycles. The second-order valence-electron chi connectivity index (χ2n) is 3.67. The number of phenols is 1. The minimum absolute atomic E-state index is 0.173. The quantitative estimate of drug-likeness (QED) is 0.658. The Morgan fingerprint density at radius 1 is 1.33 bits per heavy atom. The second-order valence-corrected chi connectivity index (χ2v) is 4.61. The van der Waals surface area contributed by atoms with Crippen LogP contribution in [0.15, 0.2) is 46.9 Å². The zero-order valence-electron chi connectivity index (χ0n) is 9.75. The standard InChI is InChI=1S/C13H12N2O2S/c1-9(10-4-2-5-11(16)8-10)14-15-13(17)12-6-3-7-18-12/h2-8,16H,1H3,(H,15,17). The number of nitrogens with zero attached hydrogens (tertiary/aromatic N) is 1. The van der Waals surface area contributed by atoms with Gasteiger partial charge in [0.2, 0.25) is 0 Å². The summed E-state index contributed by atoms with van der Waals surface area (Å²) in [6.07, 6.45) is 0. The van der Waals surface area contributed by atoms with Crippen molar-refractivity contribution in [2.45, 2.75) is 6.92 Å². The van der Waals surface area contributed by atoms with E-state index in [4.69, 9.17) is 0 Å². The molecule has 0 spiro atoms. The van der Waals surface area contributed by atoms with E-state index >= 15 is 0 Å². The maximum absolute atomic E-state index is 11.7. The Kier molecular flexibility index (Phi) is 3.74. The third-order valence-electron chi connectivity index (χ3n) is 2.33. The summed E-state index contributed by atoms with van der Waals surface area (Å²) in [5.41, 5.74) is 3.88. The highest BCUT2D eigenvalue weighted by Gasteiger charge is 2.05. The maximum atomic E-state index is 11.7. The predicted octanol–water partition coefficient (Wildman–Crippen LogP) is 2.61. The molecule has 0 saturated heterocycles. The van der Waals surface area contributed by atoms with E-state index in [1.807, 2.05) is 17.5 Å². The van der Waals surface area contributed by atoms with Crippen LogP contribution in [0.5, 0.6) is 5.75 Å². The van der Waals surface area contributed by atoms with Gasteiger partial charge in [0.05, 0.1) is 10.6 Å². The van der Waals surface area contributed by atoms with Crippen molar-refractivity contribution in [2.24, 2.45) is 5.10 Å². The van der Waals surface area contributed by atoms with E-state index in [-0.39, 0.29) is 11.7 Å². The van der Waals surface area contributed by atoms with Gasteiger partial charge in [0.1, 0.15) is 5.75 Å². The number of aromatic hydroxyl groups is 1. The fourth-order valence-corrected chi connectivity index (χ4v) is 2.01. The molecule has 18 heavy (non-hydrogen) atoms. The van der Waals surface area contributed by atoms with Crippen molar-refractivity contribution in [3.8, 4) is 5.75 Å². The van der Waals surface area contributed by atoms with Gasteiger partial charge in [-0.3, -0.25) is 4.79 Å². The average molecular weight is 260 g/mol. The zero-order valence-corrected chi connectivity index (χ0v) is 10.6. The van der Waals surface area contributed by atoms with E-state index in [2.05, 4.69) is 10.5 Å². The molecule has 0 radical (unpaired) electrons. The summed E-state index contributed by atoms with van der Waals surface area (Å²) in [5, 5.41) is 15.2. The van der Waals surface area contributed by atoms with Crippen LogP contribution in [0.4, 0.5) is 0 Å². The number of hydrogen-bond acceptors (Lipinski definition) is 4. The fourth-order valence-electron chi connectivity index (χ4n) is 1.39. The highest BCUT2D eigenvalue weighted by molar-refractivity contribution is 7.12. The van der Waals surface area contributed by atoms with Crippen LogP contribution in [0.3, 0.4) is 0 Å². The first-order valence-corrected chi connectivity index (χ1v) is 6.22. The lowest BCUT2D eigenvalue weighted by Crippen LogP contribution is -2.18. The molecule has 2 N–H and O–H groups in total. The first-order valence-electron chi connectivity index (χ1n) is 5.34. The monoisotopic (exact) mass is 260 g/mol. The first kappa shape index (κ1) is 12.3. The molecule has 0 bridgehead atoms. The van der Waals surface area contributed by atoms with Gasteiger partial charge in [0, 0.05) is 5.56 Å². The molecule has 5 heteroatoms. The molecular formula is C13H12N2O2S. The maximum Gasteiger partial charge on any atom is 0.281 e. The molecule has 2 aromatic rings. The smallest absolute Gasteiger partial charge is 0.281 e. The summed E-state index contributed by atoms with van der Waals surface area (Å²) in [5.74, 6) is -0.0591. The van der Waals surface area contributed by atoms with E-state index in [0.717, 1.165) is 5.56 Å². The van der Waals surface area contributed by atoms with Gasteiger partial charge in [-0.05, 0) is 30.5 Å².